The molecule has 0 radical (unpaired) electrons. The molecular formula is C22H23F3N6. The predicted molar refractivity (Wildman–Crippen MR) is 114 cm³/mol. The van der Waals surface area contributed by atoms with E-state index < -0.39 is 24.2 Å². The van der Waals surface area contributed by atoms with Gasteiger partial charge in [0.05, 0.1) is 12.1 Å². The van der Waals surface area contributed by atoms with Crippen LogP contribution in [0.1, 0.15) is 38.6 Å². The van der Waals surface area contributed by atoms with Crippen LogP contribution in [-0.4, -0.2) is 37.0 Å². The van der Waals surface area contributed by atoms with Gasteiger partial charge in [-0.25, -0.2) is 23.1 Å². The van der Waals surface area contributed by atoms with Crippen LogP contribution < -0.4 is 5.32 Å². The van der Waals surface area contributed by atoms with E-state index in [9.17, 15) is 13.2 Å². The number of imidazole rings is 1. The number of aromatic amines is 1. The third-order valence-electron chi connectivity index (χ3n) is 5.84. The fourth-order valence-corrected chi connectivity index (χ4v) is 4.15. The Kier molecular flexibility index (Phi) is 4.46. The van der Waals surface area contributed by atoms with Crippen molar-refractivity contribution in [1.82, 2.24) is 24.5 Å². The van der Waals surface area contributed by atoms with Crippen LogP contribution in [-0.2, 0) is 0 Å². The summed E-state index contributed by atoms with van der Waals surface area (Å²) in [7, 11) is 0. The molecule has 5 rings (SSSR count). The molecule has 0 saturated heterocycles. The Morgan fingerprint density at radius 1 is 1.26 bits per heavy atom. The van der Waals surface area contributed by atoms with Crippen molar-refractivity contribution >= 4 is 28.0 Å². The molecule has 1 aliphatic carbocycles. The van der Waals surface area contributed by atoms with Gasteiger partial charge in [-0.05, 0) is 51.3 Å². The van der Waals surface area contributed by atoms with Crippen LogP contribution in [0.4, 0.5) is 19.1 Å². The van der Waals surface area contributed by atoms with E-state index in [4.69, 9.17) is 0 Å². The lowest BCUT2D eigenvalue weighted by Gasteiger charge is -2.15. The largest absolute Gasteiger partial charge is 0.348 e. The quantitative estimate of drug-likeness (QED) is 0.428. The van der Waals surface area contributed by atoms with Gasteiger partial charge in [-0.2, -0.15) is 4.98 Å². The smallest absolute Gasteiger partial charge is 0.267 e. The number of alkyl halides is 2. The van der Waals surface area contributed by atoms with Gasteiger partial charge in [-0.15, -0.1) is 0 Å². The zero-order chi connectivity index (χ0) is 21.9. The van der Waals surface area contributed by atoms with Crippen molar-refractivity contribution in [2.24, 2.45) is 5.92 Å². The number of aryl methyl sites for hydroxylation is 1. The van der Waals surface area contributed by atoms with E-state index in [1.165, 1.54) is 6.07 Å². The van der Waals surface area contributed by atoms with Crippen molar-refractivity contribution in [3.05, 3.63) is 36.2 Å². The number of nitrogens with zero attached hydrogens (tertiary/aromatic N) is 4. The first kappa shape index (κ1) is 19.8. The molecule has 3 heterocycles. The molecular weight excluding hydrogens is 405 g/mol. The fourth-order valence-electron chi connectivity index (χ4n) is 4.15. The van der Waals surface area contributed by atoms with Gasteiger partial charge < -0.3 is 14.9 Å². The first-order chi connectivity index (χ1) is 14.7. The average Bonchev–Trinajstić information content (AvgIpc) is 3.41. The van der Waals surface area contributed by atoms with Crippen LogP contribution in [0.3, 0.4) is 0 Å². The topological polar surface area (TPSA) is 71.4 Å². The summed E-state index contributed by atoms with van der Waals surface area (Å²) >= 11 is 0. The molecule has 9 heteroatoms. The summed E-state index contributed by atoms with van der Waals surface area (Å²) in [5, 5.41) is 3.33. The number of rotatable bonds is 6. The molecule has 6 nitrogen and oxygen atoms in total. The molecule has 0 atom stereocenters. The van der Waals surface area contributed by atoms with Crippen LogP contribution >= 0.6 is 0 Å². The summed E-state index contributed by atoms with van der Waals surface area (Å²) in [4.78, 5) is 15.9. The van der Waals surface area contributed by atoms with Crippen LogP contribution in [0, 0.1) is 18.7 Å². The highest BCUT2D eigenvalue weighted by molar-refractivity contribution is 5.96. The second-order valence-electron chi connectivity index (χ2n) is 8.50. The first-order valence-electron chi connectivity index (χ1n) is 10.4. The second-order valence-corrected chi connectivity index (χ2v) is 8.50. The van der Waals surface area contributed by atoms with Gasteiger partial charge in [0.1, 0.15) is 17.0 Å². The molecule has 1 aliphatic rings. The van der Waals surface area contributed by atoms with E-state index in [0.717, 1.165) is 16.9 Å². The van der Waals surface area contributed by atoms with Crippen LogP contribution in [0.15, 0.2) is 24.5 Å². The van der Waals surface area contributed by atoms with Crippen molar-refractivity contribution < 1.29 is 13.2 Å². The molecule has 0 unspecified atom stereocenters. The van der Waals surface area contributed by atoms with Crippen molar-refractivity contribution in [1.29, 1.82) is 0 Å². The number of hydrogen-bond donors (Lipinski definition) is 2. The molecule has 2 N–H and O–H groups in total. The number of H-pyrrole nitrogens is 1. The molecule has 0 amide bonds. The van der Waals surface area contributed by atoms with E-state index >= 15 is 0 Å². The van der Waals surface area contributed by atoms with Crippen molar-refractivity contribution in [3.63, 3.8) is 0 Å². The molecule has 4 aromatic rings. The van der Waals surface area contributed by atoms with E-state index in [0.29, 0.717) is 35.0 Å². The third kappa shape index (κ3) is 3.41. The number of hydrogen-bond acceptors (Lipinski definition) is 4. The highest BCUT2D eigenvalue weighted by atomic mass is 19.3. The molecule has 1 aromatic carbocycles. The fraction of sp³-hybridized carbons (Fsp3) is 0.409. The van der Waals surface area contributed by atoms with Crippen molar-refractivity contribution in [2.75, 3.05) is 11.9 Å². The van der Waals surface area contributed by atoms with Gasteiger partial charge in [-0.1, -0.05) is 0 Å². The minimum atomic E-state index is -2.76. The Bertz CT molecular complexity index is 1290. The molecule has 0 spiro atoms. The summed E-state index contributed by atoms with van der Waals surface area (Å²) in [6, 6.07) is 3.49. The van der Waals surface area contributed by atoms with E-state index in [-0.39, 0.29) is 12.0 Å². The molecule has 162 valence electrons. The summed E-state index contributed by atoms with van der Waals surface area (Å²) in [6.45, 7) is 5.43. The lowest BCUT2D eigenvalue weighted by molar-refractivity contribution is -0.00831. The lowest BCUT2D eigenvalue weighted by atomic mass is 10.1. The van der Waals surface area contributed by atoms with Crippen molar-refractivity contribution in [2.45, 2.75) is 45.6 Å². The SMILES string of the molecule is Cc1nc2c(F)cc(-c3c[nH]c4nc(NCC(F)(F)C5CC5)ncc34)cc2n1C(C)C. The van der Waals surface area contributed by atoms with Gasteiger partial charge in [-0.3, -0.25) is 0 Å². The molecule has 31 heavy (non-hydrogen) atoms. The van der Waals surface area contributed by atoms with Crippen LogP contribution in [0.2, 0.25) is 0 Å². The maximum absolute atomic E-state index is 14.8. The maximum Gasteiger partial charge on any atom is 0.267 e. The van der Waals surface area contributed by atoms with Gasteiger partial charge in [0.25, 0.3) is 5.92 Å². The van der Waals surface area contributed by atoms with Gasteiger partial charge >= 0.3 is 0 Å². The number of anilines is 1. The maximum atomic E-state index is 14.8. The first-order valence-corrected chi connectivity index (χ1v) is 10.4. The van der Waals surface area contributed by atoms with Gasteiger partial charge in [0, 0.05) is 35.3 Å². The number of halogens is 3. The number of fused-ring (bicyclic) bond motifs is 2. The van der Waals surface area contributed by atoms with E-state index in [2.05, 4.69) is 25.3 Å². The second kappa shape index (κ2) is 6.96. The summed E-state index contributed by atoms with van der Waals surface area (Å²) < 4.78 is 44.7. The minimum absolute atomic E-state index is 0.133. The predicted octanol–water partition coefficient (Wildman–Crippen LogP) is 5.46. The number of benzene rings is 1. The normalized spacial score (nSPS) is 14.8. The molecule has 0 aliphatic heterocycles. The van der Waals surface area contributed by atoms with E-state index in [1.807, 2.05) is 31.4 Å². The average molecular weight is 428 g/mol. The number of aromatic nitrogens is 5. The van der Waals surface area contributed by atoms with Crippen LogP contribution in [0.5, 0.6) is 0 Å². The van der Waals surface area contributed by atoms with Crippen LogP contribution in [0.25, 0.3) is 33.2 Å². The Morgan fingerprint density at radius 2 is 2.03 bits per heavy atom. The Labute approximate surface area is 176 Å². The molecule has 1 saturated carbocycles. The number of nitrogens with one attached hydrogen (secondary N) is 2. The Morgan fingerprint density at radius 3 is 2.74 bits per heavy atom. The van der Waals surface area contributed by atoms with Crippen molar-refractivity contribution in [3.8, 4) is 11.1 Å². The summed E-state index contributed by atoms with van der Waals surface area (Å²) in [5.41, 5.74) is 2.96. The minimum Gasteiger partial charge on any atom is -0.348 e. The Balaban J connectivity index is 1.50. The van der Waals surface area contributed by atoms with Gasteiger partial charge in [0.2, 0.25) is 5.95 Å². The summed E-state index contributed by atoms with van der Waals surface area (Å²) in [5.74, 6) is -2.82. The molecule has 1 fully saturated rings. The third-order valence-corrected chi connectivity index (χ3v) is 5.84. The zero-order valence-electron chi connectivity index (χ0n) is 17.5. The monoisotopic (exact) mass is 428 g/mol. The molecule has 0 bridgehead atoms. The standard InChI is InChI=1S/C22H23F3N6/c1-11(2)31-12(3)29-19-17(23)6-13(7-18(19)31)15-8-26-20-16(15)9-27-21(30-20)28-10-22(24,25)14-4-5-14/h6-9,11,14H,4-5,10H2,1-3H3,(H2,26,27,28,30). The molecule has 3 aromatic heterocycles. The summed E-state index contributed by atoms with van der Waals surface area (Å²) in [6.07, 6.45) is 4.42. The van der Waals surface area contributed by atoms with Gasteiger partial charge in [0.15, 0.2) is 5.82 Å². The highest BCUT2D eigenvalue weighted by Gasteiger charge is 2.46. The Hall–Kier alpha value is -3.10. The van der Waals surface area contributed by atoms with E-state index in [1.54, 1.807) is 12.4 Å². The lowest BCUT2D eigenvalue weighted by Crippen LogP contribution is -2.29. The zero-order valence-corrected chi connectivity index (χ0v) is 17.5. The highest BCUT2D eigenvalue weighted by Crippen LogP contribution is 2.43.